The molecule has 0 aliphatic heterocycles. The molecular formula is C16H23N5O2. The Hall–Kier alpha value is -2.44. The minimum absolute atomic E-state index is 0.0401. The summed E-state index contributed by atoms with van der Waals surface area (Å²) >= 11 is 0. The summed E-state index contributed by atoms with van der Waals surface area (Å²) in [6.07, 6.45) is 2.56. The first-order valence-electron chi connectivity index (χ1n) is 7.83. The number of carbonyl (C=O) groups is 2. The molecule has 0 saturated carbocycles. The van der Waals surface area contributed by atoms with Gasteiger partial charge in [-0.05, 0) is 33.3 Å². The molecule has 2 amide bonds. The second-order valence-electron chi connectivity index (χ2n) is 5.75. The summed E-state index contributed by atoms with van der Waals surface area (Å²) in [4.78, 5) is 28.3. The van der Waals surface area contributed by atoms with Gasteiger partial charge in [-0.3, -0.25) is 9.59 Å². The molecule has 0 aliphatic rings. The first-order valence-corrected chi connectivity index (χ1v) is 7.83. The number of carbonyl (C=O) groups excluding carboxylic acids is 2. The molecule has 0 aromatic carbocycles. The summed E-state index contributed by atoms with van der Waals surface area (Å²) in [5.74, 6) is -0.500. The number of rotatable bonds is 6. The molecule has 7 nitrogen and oxygen atoms in total. The van der Waals surface area contributed by atoms with Crippen LogP contribution < -0.4 is 10.6 Å². The van der Waals surface area contributed by atoms with Gasteiger partial charge in [-0.1, -0.05) is 6.92 Å². The fourth-order valence-corrected chi connectivity index (χ4v) is 2.26. The summed E-state index contributed by atoms with van der Waals surface area (Å²) in [6, 6.07) is 1.96. The van der Waals surface area contributed by atoms with Gasteiger partial charge < -0.3 is 10.6 Å². The third-order valence-electron chi connectivity index (χ3n) is 3.48. The molecule has 0 saturated heterocycles. The van der Waals surface area contributed by atoms with Gasteiger partial charge in [0, 0.05) is 18.0 Å². The number of aryl methyl sites for hydroxylation is 1. The van der Waals surface area contributed by atoms with E-state index in [2.05, 4.69) is 20.7 Å². The minimum Gasteiger partial charge on any atom is -0.355 e. The van der Waals surface area contributed by atoms with Crippen molar-refractivity contribution in [2.24, 2.45) is 0 Å². The van der Waals surface area contributed by atoms with Gasteiger partial charge in [0.05, 0.1) is 24.0 Å². The number of fused-ring (bicyclic) bond motifs is 1. The lowest BCUT2D eigenvalue weighted by atomic mass is 10.1. The SMILES string of the molecule is CCCNC(=O)CNC(=O)c1cc2cnn(C(C)C)c2nc1C. The van der Waals surface area contributed by atoms with Gasteiger partial charge in [0.25, 0.3) is 5.91 Å². The summed E-state index contributed by atoms with van der Waals surface area (Å²) < 4.78 is 1.82. The van der Waals surface area contributed by atoms with Gasteiger partial charge >= 0.3 is 0 Å². The highest BCUT2D eigenvalue weighted by molar-refractivity contribution is 5.99. The fraction of sp³-hybridized carbons (Fsp3) is 0.500. The van der Waals surface area contributed by atoms with Crippen molar-refractivity contribution in [3.05, 3.63) is 23.5 Å². The Kier molecular flexibility index (Phi) is 5.31. The molecule has 0 bridgehead atoms. The van der Waals surface area contributed by atoms with Crippen LogP contribution in [0.3, 0.4) is 0 Å². The van der Waals surface area contributed by atoms with Crippen molar-refractivity contribution >= 4 is 22.8 Å². The number of nitrogens with zero attached hydrogens (tertiary/aromatic N) is 3. The van der Waals surface area contributed by atoms with Crippen molar-refractivity contribution < 1.29 is 9.59 Å². The van der Waals surface area contributed by atoms with Crippen molar-refractivity contribution in [3.63, 3.8) is 0 Å². The second-order valence-corrected chi connectivity index (χ2v) is 5.75. The molecule has 0 unspecified atom stereocenters. The van der Waals surface area contributed by atoms with Crippen LogP contribution in [0.15, 0.2) is 12.3 Å². The topological polar surface area (TPSA) is 88.9 Å². The molecule has 2 aromatic heterocycles. The van der Waals surface area contributed by atoms with Gasteiger partial charge in [0.15, 0.2) is 5.65 Å². The highest BCUT2D eigenvalue weighted by atomic mass is 16.2. The lowest BCUT2D eigenvalue weighted by Crippen LogP contribution is -2.37. The summed E-state index contributed by atoms with van der Waals surface area (Å²) in [6.45, 7) is 8.37. The van der Waals surface area contributed by atoms with E-state index in [1.165, 1.54) is 0 Å². The Balaban J connectivity index is 2.15. The monoisotopic (exact) mass is 317 g/mol. The average Bonchev–Trinajstić information content (AvgIpc) is 2.92. The van der Waals surface area contributed by atoms with Crippen LogP contribution >= 0.6 is 0 Å². The van der Waals surface area contributed by atoms with E-state index in [9.17, 15) is 9.59 Å². The smallest absolute Gasteiger partial charge is 0.253 e. The van der Waals surface area contributed by atoms with Crippen molar-refractivity contribution in [3.8, 4) is 0 Å². The van der Waals surface area contributed by atoms with Crippen LogP contribution in [0.2, 0.25) is 0 Å². The molecule has 2 N–H and O–H groups in total. The van der Waals surface area contributed by atoms with E-state index in [0.29, 0.717) is 17.8 Å². The zero-order valence-corrected chi connectivity index (χ0v) is 14.0. The van der Waals surface area contributed by atoms with Gasteiger partial charge in [-0.25, -0.2) is 9.67 Å². The Labute approximate surface area is 135 Å². The first-order chi connectivity index (χ1) is 10.9. The van der Waals surface area contributed by atoms with E-state index in [0.717, 1.165) is 17.5 Å². The third kappa shape index (κ3) is 3.85. The van der Waals surface area contributed by atoms with Crippen LogP contribution in [0.5, 0.6) is 0 Å². The van der Waals surface area contributed by atoms with Crippen LogP contribution in [0.25, 0.3) is 11.0 Å². The normalized spacial score (nSPS) is 11.0. The maximum absolute atomic E-state index is 12.3. The van der Waals surface area contributed by atoms with E-state index < -0.39 is 0 Å². The number of hydrogen-bond acceptors (Lipinski definition) is 4. The van der Waals surface area contributed by atoms with E-state index in [1.807, 2.05) is 25.5 Å². The number of pyridine rings is 1. The third-order valence-corrected chi connectivity index (χ3v) is 3.48. The van der Waals surface area contributed by atoms with Crippen LogP contribution in [0, 0.1) is 6.92 Å². The fourth-order valence-electron chi connectivity index (χ4n) is 2.26. The summed E-state index contributed by atoms with van der Waals surface area (Å²) in [5.41, 5.74) is 1.84. The summed E-state index contributed by atoms with van der Waals surface area (Å²) in [7, 11) is 0. The molecule has 0 aliphatic carbocycles. The predicted octanol–water partition coefficient (Wildman–Crippen LogP) is 1.58. The van der Waals surface area contributed by atoms with Crippen LogP contribution in [0.4, 0.5) is 0 Å². The number of hydrogen-bond donors (Lipinski definition) is 2. The molecule has 124 valence electrons. The van der Waals surface area contributed by atoms with Crippen LogP contribution in [-0.4, -0.2) is 39.7 Å². The van der Waals surface area contributed by atoms with E-state index in [1.54, 1.807) is 19.2 Å². The Bertz CT molecular complexity index is 721. The lowest BCUT2D eigenvalue weighted by Gasteiger charge is -2.10. The highest BCUT2D eigenvalue weighted by Gasteiger charge is 2.15. The van der Waals surface area contributed by atoms with Crippen molar-refractivity contribution in [1.82, 2.24) is 25.4 Å². The standard InChI is InChI=1S/C16H23N5O2/c1-5-6-17-14(22)9-18-16(23)13-7-12-8-19-21(10(2)3)15(12)20-11(13)4/h7-8,10H,5-6,9H2,1-4H3,(H,17,22)(H,18,23). The molecule has 0 atom stereocenters. The van der Waals surface area contributed by atoms with E-state index in [4.69, 9.17) is 0 Å². The average molecular weight is 317 g/mol. The largest absolute Gasteiger partial charge is 0.355 e. The maximum Gasteiger partial charge on any atom is 0.253 e. The van der Waals surface area contributed by atoms with E-state index >= 15 is 0 Å². The molecule has 0 spiro atoms. The first kappa shape index (κ1) is 16.9. The van der Waals surface area contributed by atoms with Crippen molar-refractivity contribution in [2.75, 3.05) is 13.1 Å². The van der Waals surface area contributed by atoms with Gasteiger partial charge in [-0.15, -0.1) is 0 Å². The molecule has 0 fully saturated rings. The highest BCUT2D eigenvalue weighted by Crippen LogP contribution is 2.19. The molecule has 2 rings (SSSR count). The quantitative estimate of drug-likeness (QED) is 0.846. The molecular weight excluding hydrogens is 294 g/mol. The Morgan fingerprint density at radius 1 is 1.30 bits per heavy atom. The van der Waals surface area contributed by atoms with Crippen LogP contribution in [-0.2, 0) is 4.79 Å². The summed E-state index contributed by atoms with van der Waals surface area (Å²) in [5, 5.41) is 10.5. The van der Waals surface area contributed by atoms with E-state index in [-0.39, 0.29) is 24.4 Å². The molecule has 7 heteroatoms. The van der Waals surface area contributed by atoms with Gasteiger partial charge in [0.2, 0.25) is 5.91 Å². The zero-order chi connectivity index (χ0) is 17.0. The maximum atomic E-state index is 12.3. The predicted molar refractivity (Wildman–Crippen MR) is 88.3 cm³/mol. The van der Waals surface area contributed by atoms with Crippen molar-refractivity contribution in [1.29, 1.82) is 0 Å². The number of nitrogens with one attached hydrogen (secondary N) is 2. The molecule has 2 aromatic rings. The minimum atomic E-state index is -0.305. The molecule has 0 radical (unpaired) electrons. The molecule has 2 heterocycles. The van der Waals surface area contributed by atoms with Gasteiger partial charge in [0.1, 0.15) is 0 Å². The Morgan fingerprint density at radius 3 is 2.70 bits per heavy atom. The van der Waals surface area contributed by atoms with Gasteiger partial charge in [-0.2, -0.15) is 5.10 Å². The van der Waals surface area contributed by atoms with Crippen molar-refractivity contribution in [2.45, 2.75) is 40.2 Å². The number of amides is 2. The second kappa shape index (κ2) is 7.21. The number of aromatic nitrogens is 3. The molecule has 23 heavy (non-hydrogen) atoms. The Morgan fingerprint density at radius 2 is 2.04 bits per heavy atom. The lowest BCUT2D eigenvalue weighted by molar-refractivity contribution is -0.120. The zero-order valence-electron chi connectivity index (χ0n) is 14.0. The van der Waals surface area contributed by atoms with Crippen LogP contribution in [0.1, 0.15) is 49.3 Å².